The number of rotatable bonds is 6. The van der Waals surface area contributed by atoms with Crippen LogP contribution in [-0.4, -0.2) is 31.1 Å². The van der Waals surface area contributed by atoms with Gasteiger partial charge in [-0.15, -0.1) is 0 Å². The van der Waals surface area contributed by atoms with Crippen molar-refractivity contribution in [2.75, 3.05) is 16.2 Å². The van der Waals surface area contributed by atoms with E-state index in [9.17, 15) is 13.2 Å². The van der Waals surface area contributed by atoms with E-state index in [0.29, 0.717) is 22.8 Å². The van der Waals surface area contributed by atoms with Crippen molar-refractivity contribution in [1.82, 2.24) is 10.2 Å². The van der Waals surface area contributed by atoms with Crippen LogP contribution in [0, 0.1) is 34.6 Å². The molecule has 1 amide bonds. The highest BCUT2D eigenvalue weighted by atomic mass is 32.2. The van der Waals surface area contributed by atoms with Crippen LogP contribution < -0.4 is 9.62 Å². The van der Waals surface area contributed by atoms with Gasteiger partial charge in [-0.2, -0.15) is 5.10 Å². The number of sulfonamides is 1. The van der Waals surface area contributed by atoms with Gasteiger partial charge in [0.1, 0.15) is 11.4 Å². The summed E-state index contributed by atoms with van der Waals surface area (Å²) >= 11 is 0. The first-order valence-corrected chi connectivity index (χ1v) is 11.0. The molecule has 0 unspecified atom stereocenters. The third-order valence-corrected chi connectivity index (χ3v) is 7.13. The number of hydrogen-bond acceptors (Lipinski definition) is 4. The molecule has 0 aliphatic rings. The van der Waals surface area contributed by atoms with E-state index in [1.165, 1.54) is 0 Å². The summed E-state index contributed by atoms with van der Waals surface area (Å²) in [6.07, 6.45) is 0. The zero-order chi connectivity index (χ0) is 22.1. The van der Waals surface area contributed by atoms with Crippen LogP contribution in [0.15, 0.2) is 47.4 Å². The lowest BCUT2D eigenvalue weighted by atomic mass is 10.1. The van der Waals surface area contributed by atoms with E-state index in [1.54, 1.807) is 32.0 Å². The normalized spacial score (nSPS) is 11.4. The number of anilines is 2. The number of carbonyl (C=O) groups excluding carboxylic acids is 1. The van der Waals surface area contributed by atoms with E-state index in [1.807, 2.05) is 45.0 Å². The highest BCUT2D eigenvalue weighted by Gasteiger charge is 2.31. The fraction of sp³-hybridized carbons (Fsp3) is 0.273. The number of nitrogens with one attached hydrogen (secondary N) is 2. The fourth-order valence-corrected chi connectivity index (χ4v) is 5.02. The minimum absolute atomic E-state index is 0.0858. The van der Waals surface area contributed by atoms with Gasteiger partial charge in [-0.25, -0.2) is 8.42 Å². The van der Waals surface area contributed by atoms with Crippen LogP contribution in [0.3, 0.4) is 0 Å². The average molecular weight is 427 g/mol. The Hall–Kier alpha value is -3.13. The van der Waals surface area contributed by atoms with Crippen LogP contribution in [0.5, 0.6) is 0 Å². The molecular weight excluding hydrogens is 400 g/mol. The fourth-order valence-electron chi connectivity index (χ4n) is 3.26. The lowest BCUT2D eigenvalue weighted by Crippen LogP contribution is -2.38. The maximum Gasteiger partial charge on any atom is 0.268 e. The standard InChI is InChI=1S/C22H26N4O3S/c1-14-9-11-19(12-10-14)26(30(28,29)22-17(4)24-25-18(22)5)13-21(27)23-20-8-6-7-15(2)16(20)3/h6-12H,13H2,1-5H3,(H,23,27)(H,24,25). The van der Waals surface area contributed by atoms with Gasteiger partial charge >= 0.3 is 0 Å². The number of aryl methyl sites for hydroxylation is 4. The molecule has 8 heteroatoms. The van der Waals surface area contributed by atoms with E-state index in [4.69, 9.17) is 0 Å². The maximum atomic E-state index is 13.5. The summed E-state index contributed by atoms with van der Waals surface area (Å²) in [6, 6.07) is 12.6. The Kier molecular flexibility index (Phi) is 5.98. The van der Waals surface area contributed by atoms with Crippen molar-refractivity contribution in [1.29, 1.82) is 0 Å². The van der Waals surface area contributed by atoms with Gasteiger partial charge in [-0.05, 0) is 63.9 Å². The molecule has 0 spiro atoms. The number of aromatic amines is 1. The molecule has 0 atom stereocenters. The Morgan fingerprint density at radius 3 is 2.30 bits per heavy atom. The molecule has 0 bridgehead atoms. The predicted octanol–water partition coefficient (Wildman–Crippen LogP) is 3.79. The lowest BCUT2D eigenvalue weighted by Gasteiger charge is -2.24. The molecule has 2 aromatic carbocycles. The molecule has 1 heterocycles. The Bertz CT molecular complexity index is 1160. The maximum absolute atomic E-state index is 13.5. The summed E-state index contributed by atoms with van der Waals surface area (Å²) < 4.78 is 28.2. The number of benzene rings is 2. The Morgan fingerprint density at radius 2 is 1.70 bits per heavy atom. The zero-order valence-electron chi connectivity index (χ0n) is 17.8. The third-order valence-electron chi connectivity index (χ3n) is 5.10. The molecule has 0 radical (unpaired) electrons. The van der Waals surface area contributed by atoms with E-state index in [0.717, 1.165) is 21.0 Å². The minimum Gasteiger partial charge on any atom is -0.324 e. The number of hydrogen-bond donors (Lipinski definition) is 2. The highest BCUT2D eigenvalue weighted by Crippen LogP contribution is 2.27. The summed E-state index contributed by atoms with van der Waals surface area (Å²) in [7, 11) is -4.01. The topological polar surface area (TPSA) is 95.2 Å². The Balaban J connectivity index is 1.99. The Labute approximate surface area is 177 Å². The second-order valence-corrected chi connectivity index (χ2v) is 9.21. The molecule has 0 saturated heterocycles. The third kappa shape index (κ3) is 4.23. The van der Waals surface area contributed by atoms with Gasteiger partial charge in [0.15, 0.2) is 0 Å². The summed E-state index contributed by atoms with van der Waals surface area (Å²) in [6.45, 7) is 8.70. The molecule has 2 N–H and O–H groups in total. The van der Waals surface area contributed by atoms with E-state index < -0.39 is 15.9 Å². The lowest BCUT2D eigenvalue weighted by molar-refractivity contribution is -0.114. The zero-order valence-corrected chi connectivity index (χ0v) is 18.6. The van der Waals surface area contributed by atoms with E-state index in [2.05, 4.69) is 15.5 Å². The van der Waals surface area contributed by atoms with Crippen LogP contribution >= 0.6 is 0 Å². The van der Waals surface area contributed by atoms with Crippen molar-refractivity contribution in [3.8, 4) is 0 Å². The molecule has 30 heavy (non-hydrogen) atoms. The molecule has 3 aromatic rings. The molecule has 3 rings (SSSR count). The molecule has 0 fully saturated rings. The van der Waals surface area contributed by atoms with Crippen LogP contribution in [0.25, 0.3) is 0 Å². The van der Waals surface area contributed by atoms with Crippen molar-refractivity contribution >= 4 is 27.3 Å². The van der Waals surface area contributed by atoms with Crippen LogP contribution in [-0.2, 0) is 14.8 Å². The van der Waals surface area contributed by atoms with Gasteiger partial charge in [-0.1, -0.05) is 29.8 Å². The first-order chi connectivity index (χ1) is 14.1. The molecule has 1 aromatic heterocycles. The van der Waals surface area contributed by atoms with Crippen molar-refractivity contribution < 1.29 is 13.2 Å². The summed E-state index contributed by atoms with van der Waals surface area (Å²) in [5.41, 5.74) is 4.84. The first-order valence-electron chi connectivity index (χ1n) is 9.58. The van der Waals surface area contributed by atoms with Gasteiger partial charge in [0, 0.05) is 5.69 Å². The molecule has 0 aliphatic carbocycles. The van der Waals surface area contributed by atoms with Gasteiger partial charge in [0.25, 0.3) is 10.0 Å². The molecule has 158 valence electrons. The van der Waals surface area contributed by atoms with Gasteiger partial charge < -0.3 is 5.32 Å². The van der Waals surface area contributed by atoms with Crippen LogP contribution in [0.1, 0.15) is 28.1 Å². The van der Waals surface area contributed by atoms with Crippen molar-refractivity contribution in [3.05, 3.63) is 70.5 Å². The number of aromatic nitrogens is 2. The monoisotopic (exact) mass is 426 g/mol. The quantitative estimate of drug-likeness (QED) is 0.627. The first kappa shape index (κ1) is 21.6. The number of nitrogens with zero attached hydrogens (tertiary/aromatic N) is 2. The Morgan fingerprint density at radius 1 is 1.03 bits per heavy atom. The number of amides is 1. The average Bonchev–Trinajstić information content (AvgIpc) is 3.03. The molecular formula is C22H26N4O3S. The highest BCUT2D eigenvalue weighted by molar-refractivity contribution is 7.93. The van der Waals surface area contributed by atoms with E-state index >= 15 is 0 Å². The smallest absolute Gasteiger partial charge is 0.268 e. The summed E-state index contributed by atoms with van der Waals surface area (Å²) in [5.74, 6) is -0.424. The van der Waals surface area contributed by atoms with Gasteiger partial charge in [0.2, 0.25) is 5.91 Å². The largest absolute Gasteiger partial charge is 0.324 e. The van der Waals surface area contributed by atoms with E-state index in [-0.39, 0.29) is 11.4 Å². The van der Waals surface area contributed by atoms with Crippen LogP contribution in [0.4, 0.5) is 11.4 Å². The summed E-state index contributed by atoms with van der Waals surface area (Å²) in [5, 5.41) is 9.56. The van der Waals surface area contributed by atoms with Gasteiger partial charge in [0.05, 0.1) is 17.1 Å². The predicted molar refractivity (Wildman–Crippen MR) is 118 cm³/mol. The number of H-pyrrole nitrogens is 1. The second-order valence-electron chi connectivity index (χ2n) is 7.41. The van der Waals surface area contributed by atoms with Gasteiger partial charge in [-0.3, -0.25) is 14.2 Å². The summed E-state index contributed by atoms with van der Waals surface area (Å²) in [4.78, 5) is 13.0. The molecule has 0 aliphatic heterocycles. The molecule has 0 saturated carbocycles. The molecule has 7 nitrogen and oxygen atoms in total. The second kappa shape index (κ2) is 8.31. The van der Waals surface area contributed by atoms with Crippen molar-refractivity contribution in [2.24, 2.45) is 0 Å². The SMILES string of the molecule is Cc1ccc(N(CC(=O)Nc2cccc(C)c2C)S(=O)(=O)c2c(C)n[nH]c2C)cc1. The number of carbonyl (C=O) groups is 1. The van der Waals surface area contributed by atoms with Crippen molar-refractivity contribution in [2.45, 2.75) is 39.5 Å². The van der Waals surface area contributed by atoms with Crippen LogP contribution in [0.2, 0.25) is 0 Å². The minimum atomic E-state index is -4.01. The van der Waals surface area contributed by atoms with Crippen molar-refractivity contribution in [3.63, 3.8) is 0 Å².